The molecule has 4 rings (SSSR count). The number of fused-ring (bicyclic) bond motifs is 1. The summed E-state index contributed by atoms with van der Waals surface area (Å²) in [7, 11) is 4.78. The molecule has 0 saturated carbocycles. The van der Waals surface area contributed by atoms with E-state index >= 15 is 0 Å². The predicted octanol–water partition coefficient (Wildman–Crippen LogP) is 4.58. The van der Waals surface area contributed by atoms with Gasteiger partial charge in [0, 0.05) is 44.2 Å². The average Bonchev–Trinajstić information content (AvgIpc) is 3.31. The molecule has 0 radical (unpaired) electrons. The van der Waals surface area contributed by atoms with Crippen molar-refractivity contribution >= 4 is 39.4 Å². The van der Waals surface area contributed by atoms with Gasteiger partial charge in [-0.25, -0.2) is 24.2 Å². The molecule has 0 N–H and O–H groups in total. The number of hydrogen-bond acceptors (Lipinski definition) is 8. The normalized spacial score (nSPS) is 14.4. The Labute approximate surface area is 213 Å². The highest BCUT2D eigenvalue weighted by Crippen LogP contribution is 2.38. The van der Waals surface area contributed by atoms with Crippen LogP contribution in [0.3, 0.4) is 0 Å². The predicted molar refractivity (Wildman–Crippen MR) is 137 cm³/mol. The summed E-state index contributed by atoms with van der Waals surface area (Å²) >= 11 is 1.50. The molecule has 3 heterocycles. The Kier molecular flexibility index (Phi) is 7.70. The van der Waals surface area contributed by atoms with Gasteiger partial charge in [-0.15, -0.1) is 11.3 Å². The SMILES string of the molecule is CON(C)C(=O)c1ccc(-c2csc3c(N(C)C4CCN(C(=O)OC(C)C)CC4)ncnc23)cc1F. The summed E-state index contributed by atoms with van der Waals surface area (Å²) in [6, 6.07) is 4.71. The second kappa shape index (κ2) is 10.8. The minimum absolute atomic E-state index is 0.0682. The molecule has 1 saturated heterocycles. The summed E-state index contributed by atoms with van der Waals surface area (Å²) in [6.45, 7) is 4.92. The number of ether oxygens (including phenoxy) is 1. The van der Waals surface area contributed by atoms with Crippen LogP contribution < -0.4 is 4.90 Å². The van der Waals surface area contributed by atoms with Crippen LogP contribution >= 0.6 is 11.3 Å². The fourth-order valence-electron chi connectivity index (χ4n) is 4.29. The van der Waals surface area contributed by atoms with E-state index in [1.807, 2.05) is 26.3 Å². The Morgan fingerprint density at radius 3 is 2.56 bits per heavy atom. The van der Waals surface area contributed by atoms with E-state index in [2.05, 4.69) is 14.9 Å². The summed E-state index contributed by atoms with van der Waals surface area (Å²) in [5.41, 5.74) is 2.06. The smallest absolute Gasteiger partial charge is 0.410 e. The van der Waals surface area contributed by atoms with Crippen molar-refractivity contribution in [3.05, 3.63) is 41.3 Å². The molecule has 0 aliphatic carbocycles. The number of halogens is 1. The first-order valence-corrected chi connectivity index (χ1v) is 12.6. The third-order valence-electron chi connectivity index (χ3n) is 6.35. The number of aromatic nitrogens is 2. The number of nitrogens with zero attached hydrogens (tertiary/aromatic N) is 5. The molecule has 192 valence electrons. The Hall–Kier alpha value is -3.31. The Morgan fingerprint density at radius 1 is 1.19 bits per heavy atom. The van der Waals surface area contributed by atoms with Gasteiger partial charge in [0.25, 0.3) is 5.91 Å². The minimum atomic E-state index is -0.630. The number of amides is 2. The van der Waals surface area contributed by atoms with Gasteiger partial charge < -0.3 is 14.5 Å². The van der Waals surface area contributed by atoms with Crippen LogP contribution in [0.15, 0.2) is 29.9 Å². The number of thiophene rings is 1. The first kappa shape index (κ1) is 25.8. The van der Waals surface area contributed by atoms with Crippen molar-refractivity contribution in [2.45, 2.75) is 38.8 Å². The van der Waals surface area contributed by atoms with Crippen LogP contribution in [0.4, 0.5) is 15.0 Å². The van der Waals surface area contributed by atoms with Crippen molar-refractivity contribution in [2.75, 3.05) is 39.2 Å². The first-order chi connectivity index (χ1) is 17.2. The van der Waals surface area contributed by atoms with E-state index in [-0.39, 0.29) is 23.8 Å². The zero-order chi connectivity index (χ0) is 26.0. The Bertz CT molecular complexity index is 1260. The largest absolute Gasteiger partial charge is 0.447 e. The molecule has 0 spiro atoms. The average molecular weight is 516 g/mol. The topological polar surface area (TPSA) is 88.1 Å². The van der Waals surface area contributed by atoms with Crippen LogP contribution in [0.2, 0.25) is 0 Å². The van der Waals surface area contributed by atoms with Crippen molar-refractivity contribution < 1.29 is 23.6 Å². The first-order valence-electron chi connectivity index (χ1n) is 11.7. The van der Waals surface area contributed by atoms with Crippen LogP contribution in [0.5, 0.6) is 0 Å². The Balaban J connectivity index is 1.55. The third kappa shape index (κ3) is 5.12. The minimum Gasteiger partial charge on any atom is -0.447 e. The molecule has 1 aliphatic heterocycles. The maximum Gasteiger partial charge on any atom is 0.410 e. The van der Waals surface area contributed by atoms with Gasteiger partial charge in [0.1, 0.15) is 18.0 Å². The van der Waals surface area contributed by atoms with Crippen LogP contribution in [-0.4, -0.2) is 78.4 Å². The monoisotopic (exact) mass is 515 g/mol. The lowest BCUT2D eigenvalue weighted by Crippen LogP contribution is -2.46. The molecule has 9 nitrogen and oxygen atoms in total. The summed E-state index contributed by atoms with van der Waals surface area (Å²) in [5, 5.41) is 2.91. The summed E-state index contributed by atoms with van der Waals surface area (Å²) < 4.78 is 21.0. The second-order valence-corrected chi connectivity index (χ2v) is 9.85. The molecular weight excluding hydrogens is 485 g/mol. The fourth-order valence-corrected chi connectivity index (χ4v) is 5.35. The van der Waals surface area contributed by atoms with E-state index in [0.717, 1.165) is 39.5 Å². The molecule has 0 atom stereocenters. The van der Waals surface area contributed by atoms with Gasteiger partial charge in [0.05, 0.1) is 29.0 Å². The van der Waals surface area contributed by atoms with Crippen molar-refractivity contribution in [1.82, 2.24) is 19.9 Å². The van der Waals surface area contributed by atoms with E-state index in [1.165, 1.54) is 44.0 Å². The molecule has 2 aromatic heterocycles. The highest BCUT2D eigenvalue weighted by Gasteiger charge is 2.28. The highest BCUT2D eigenvalue weighted by atomic mass is 32.1. The van der Waals surface area contributed by atoms with Gasteiger partial charge in [-0.05, 0) is 44.4 Å². The lowest BCUT2D eigenvalue weighted by molar-refractivity contribution is -0.0759. The van der Waals surface area contributed by atoms with E-state index in [0.29, 0.717) is 18.7 Å². The summed E-state index contributed by atoms with van der Waals surface area (Å²) in [4.78, 5) is 42.3. The fraction of sp³-hybridized carbons (Fsp3) is 0.440. The number of carbonyl (C=O) groups is 2. The number of carbonyl (C=O) groups excluding carboxylic acids is 2. The van der Waals surface area contributed by atoms with Gasteiger partial charge >= 0.3 is 6.09 Å². The number of piperidine rings is 1. The van der Waals surface area contributed by atoms with Gasteiger partial charge in [-0.2, -0.15) is 0 Å². The van der Waals surface area contributed by atoms with Crippen LogP contribution in [0.25, 0.3) is 21.3 Å². The molecule has 1 aliphatic rings. The zero-order valence-electron chi connectivity index (χ0n) is 21.0. The van der Waals surface area contributed by atoms with Gasteiger partial charge in [0.15, 0.2) is 0 Å². The van der Waals surface area contributed by atoms with E-state index < -0.39 is 11.7 Å². The number of anilines is 1. The standard InChI is InChI=1S/C25H30FN5O4S/c1-15(2)35-25(33)31-10-8-17(9-11-31)29(3)23-22-21(27-14-28-23)19(13-36-22)16-6-7-18(20(26)12-16)24(32)30(4)34-5/h6-7,12-15,17H,8-11H2,1-5H3. The number of hydrogen-bond donors (Lipinski definition) is 0. The van der Waals surface area contributed by atoms with E-state index in [9.17, 15) is 14.0 Å². The van der Waals surface area contributed by atoms with Crippen LogP contribution in [0.1, 0.15) is 37.0 Å². The maximum atomic E-state index is 14.8. The van der Waals surface area contributed by atoms with Gasteiger partial charge in [-0.3, -0.25) is 9.63 Å². The highest BCUT2D eigenvalue weighted by molar-refractivity contribution is 7.18. The zero-order valence-corrected chi connectivity index (χ0v) is 21.8. The number of hydroxylamine groups is 2. The summed E-state index contributed by atoms with van der Waals surface area (Å²) in [5.74, 6) is -0.394. The Morgan fingerprint density at radius 2 is 1.92 bits per heavy atom. The molecule has 11 heteroatoms. The number of likely N-dealkylation sites (tertiary alicyclic amines) is 1. The van der Waals surface area contributed by atoms with Crippen molar-refractivity contribution in [2.24, 2.45) is 0 Å². The van der Waals surface area contributed by atoms with E-state index in [4.69, 9.17) is 9.57 Å². The summed E-state index contributed by atoms with van der Waals surface area (Å²) in [6.07, 6.45) is 2.69. The number of rotatable bonds is 6. The quantitative estimate of drug-likeness (QED) is 0.444. The molecule has 36 heavy (non-hydrogen) atoms. The number of benzene rings is 1. The third-order valence-corrected chi connectivity index (χ3v) is 7.31. The van der Waals surface area contributed by atoms with Crippen LogP contribution in [0, 0.1) is 5.82 Å². The van der Waals surface area contributed by atoms with Crippen LogP contribution in [-0.2, 0) is 9.57 Å². The molecule has 2 amide bonds. The molecular formula is C25H30FN5O4S. The molecule has 3 aromatic rings. The molecule has 1 aromatic carbocycles. The second-order valence-electron chi connectivity index (χ2n) is 8.97. The molecule has 1 fully saturated rings. The van der Waals surface area contributed by atoms with Gasteiger partial charge in [-0.1, -0.05) is 6.07 Å². The van der Waals surface area contributed by atoms with E-state index in [1.54, 1.807) is 11.0 Å². The van der Waals surface area contributed by atoms with Crippen molar-refractivity contribution in [3.8, 4) is 11.1 Å². The lowest BCUT2D eigenvalue weighted by Gasteiger charge is -2.37. The molecule has 0 unspecified atom stereocenters. The lowest BCUT2D eigenvalue weighted by atomic mass is 10.0. The molecule has 0 bridgehead atoms. The maximum absolute atomic E-state index is 14.8. The van der Waals surface area contributed by atoms with Gasteiger partial charge in [0.2, 0.25) is 0 Å². The van der Waals surface area contributed by atoms with Crippen molar-refractivity contribution in [3.63, 3.8) is 0 Å². The van der Waals surface area contributed by atoms with Crippen molar-refractivity contribution in [1.29, 1.82) is 0 Å².